The maximum Gasteiger partial charge on any atom is 0.190 e. The van der Waals surface area contributed by atoms with Crippen LogP contribution in [-0.4, -0.2) is 50.1 Å². The third-order valence-corrected chi connectivity index (χ3v) is 4.05. The predicted molar refractivity (Wildman–Crippen MR) is 104 cm³/mol. The van der Waals surface area contributed by atoms with Crippen molar-refractivity contribution in [2.24, 2.45) is 10.9 Å². The molecule has 0 aliphatic rings. The largest absolute Gasteiger partial charge is 0.493 e. The number of benzene rings is 1. The fraction of sp³-hybridized carbons (Fsp3) is 0.474. The van der Waals surface area contributed by atoms with Gasteiger partial charge in [0.1, 0.15) is 0 Å². The smallest absolute Gasteiger partial charge is 0.190 e. The predicted octanol–water partition coefficient (Wildman–Crippen LogP) is 1.94. The quantitative estimate of drug-likeness (QED) is 0.529. The van der Waals surface area contributed by atoms with E-state index in [4.69, 9.17) is 9.47 Å². The van der Waals surface area contributed by atoms with E-state index in [9.17, 15) is 0 Å². The zero-order valence-corrected chi connectivity index (χ0v) is 16.0. The van der Waals surface area contributed by atoms with Crippen molar-refractivity contribution >= 4 is 5.96 Å². The van der Waals surface area contributed by atoms with Crippen LogP contribution in [0.3, 0.4) is 0 Å². The summed E-state index contributed by atoms with van der Waals surface area (Å²) in [5, 5.41) is 10.9. The molecule has 0 bridgehead atoms. The summed E-state index contributed by atoms with van der Waals surface area (Å²) in [6.45, 7) is 4.67. The van der Waals surface area contributed by atoms with Gasteiger partial charge in [-0.25, -0.2) is 0 Å². The number of guanidine groups is 1. The van der Waals surface area contributed by atoms with E-state index in [-0.39, 0.29) is 0 Å². The summed E-state index contributed by atoms with van der Waals surface area (Å²) in [7, 11) is 5.07. The monoisotopic (exact) mass is 359 g/mol. The molecular formula is C19H29N5O2. The Hall–Kier alpha value is -2.70. The van der Waals surface area contributed by atoms with E-state index in [1.165, 1.54) is 5.56 Å². The summed E-state index contributed by atoms with van der Waals surface area (Å²) in [5.41, 5.74) is 1.18. The second-order valence-electron chi connectivity index (χ2n) is 6.15. The van der Waals surface area contributed by atoms with Gasteiger partial charge in [-0.15, -0.1) is 0 Å². The molecule has 142 valence electrons. The molecule has 0 radical (unpaired) electrons. The molecule has 0 fully saturated rings. The molecule has 0 spiro atoms. The number of methoxy groups -OCH3 is 2. The van der Waals surface area contributed by atoms with Crippen LogP contribution in [-0.2, 0) is 13.0 Å². The molecule has 1 unspecified atom stereocenters. The van der Waals surface area contributed by atoms with Crippen LogP contribution in [0.5, 0.6) is 11.5 Å². The van der Waals surface area contributed by atoms with Gasteiger partial charge in [0.25, 0.3) is 0 Å². The van der Waals surface area contributed by atoms with E-state index in [1.54, 1.807) is 27.5 Å². The highest BCUT2D eigenvalue weighted by atomic mass is 16.5. The minimum atomic E-state index is 0.444. The number of rotatable bonds is 9. The Morgan fingerprint density at radius 2 is 2.04 bits per heavy atom. The van der Waals surface area contributed by atoms with Crippen LogP contribution in [0.4, 0.5) is 0 Å². The number of ether oxygens (including phenoxy) is 2. The van der Waals surface area contributed by atoms with Crippen molar-refractivity contribution in [3.8, 4) is 11.5 Å². The second kappa shape index (κ2) is 10.3. The van der Waals surface area contributed by atoms with Crippen LogP contribution < -0.4 is 20.1 Å². The Morgan fingerprint density at radius 3 is 2.69 bits per heavy atom. The van der Waals surface area contributed by atoms with E-state index < -0.39 is 0 Å². The normalized spacial score (nSPS) is 12.5. The summed E-state index contributed by atoms with van der Waals surface area (Å²) in [6.07, 6.45) is 4.64. The number of hydrogen-bond donors (Lipinski definition) is 2. The van der Waals surface area contributed by atoms with Crippen LogP contribution in [0.15, 0.2) is 41.7 Å². The molecule has 0 aliphatic heterocycles. The first kappa shape index (κ1) is 19.6. The Labute approximate surface area is 155 Å². The van der Waals surface area contributed by atoms with Crippen LogP contribution >= 0.6 is 0 Å². The third kappa shape index (κ3) is 5.98. The molecule has 26 heavy (non-hydrogen) atoms. The van der Waals surface area contributed by atoms with Gasteiger partial charge in [0, 0.05) is 39.1 Å². The van der Waals surface area contributed by atoms with Crippen molar-refractivity contribution in [2.45, 2.75) is 19.9 Å². The molecule has 2 rings (SSSR count). The highest BCUT2D eigenvalue weighted by Crippen LogP contribution is 2.27. The fourth-order valence-electron chi connectivity index (χ4n) is 2.65. The summed E-state index contributed by atoms with van der Waals surface area (Å²) in [5.74, 6) is 2.74. The highest BCUT2D eigenvalue weighted by molar-refractivity contribution is 5.79. The zero-order valence-electron chi connectivity index (χ0n) is 16.0. The number of nitrogens with one attached hydrogen (secondary N) is 2. The number of aliphatic imine (C=N–C) groups is 1. The Bertz CT molecular complexity index is 685. The third-order valence-electron chi connectivity index (χ3n) is 4.05. The van der Waals surface area contributed by atoms with Crippen molar-refractivity contribution < 1.29 is 9.47 Å². The standard InChI is InChI=1S/C19H29N5O2/c1-15(14-24-11-5-9-23-24)13-22-19(20-2)21-10-8-16-6-7-17(25-3)18(12-16)26-4/h5-7,9,11-12,15H,8,10,13-14H2,1-4H3,(H2,20,21,22). The Kier molecular flexibility index (Phi) is 7.79. The first-order chi connectivity index (χ1) is 12.7. The molecule has 7 nitrogen and oxygen atoms in total. The SMILES string of the molecule is CN=C(NCCc1ccc(OC)c(OC)c1)NCC(C)Cn1cccn1. The second-order valence-corrected chi connectivity index (χ2v) is 6.15. The van der Waals surface area contributed by atoms with Crippen molar-refractivity contribution in [1.82, 2.24) is 20.4 Å². The van der Waals surface area contributed by atoms with Crippen LogP contribution in [0.25, 0.3) is 0 Å². The van der Waals surface area contributed by atoms with Gasteiger partial charge < -0.3 is 20.1 Å². The lowest BCUT2D eigenvalue weighted by Gasteiger charge is -2.16. The van der Waals surface area contributed by atoms with Gasteiger partial charge in [-0.2, -0.15) is 5.10 Å². The van der Waals surface area contributed by atoms with Gasteiger partial charge >= 0.3 is 0 Å². The molecule has 0 amide bonds. The molecule has 0 aliphatic carbocycles. The first-order valence-electron chi connectivity index (χ1n) is 8.79. The lowest BCUT2D eigenvalue weighted by molar-refractivity contribution is 0.354. The molecule has 1 aromatic carbocycles. The van der Waals surface area contributed by atoms with Gasteiger partial charge in [-0.05, 0) is 36.1 Å². The molecule has 1 heterocycles. The fourth-order valence-corrected chi connectivity index (χ4v) is 2.65. The molecule has 1 aromatic heterocycles. The Morgan fingerprint density at radius 1 is 1.23 bits per heavy atom. The van der Waals surface area contributed by atoms with Gasteiger partial charge in [-0.3, -0.25) is 9.67 Å². The molecule has 0 saturated carbocycles. The highest BCUT2D eigenvalue weighted by Gasteiger charge is 2.07. The van der Waals surface area contributed by atoms with Crippen molar-refractivity contribution in [3.05, 3.63) is 42.2 Å². The minimum Gasteiger partial charge on any atom is -0.493 e. The van der Waals surface area contributed by atoms with Gasteiger partial charge in [0.15, 0.2) is 17.5 Å². The van der Waals surface area contributed by atoms with E-state index in [0.717, 1.165) is 43.5 Å². The van der Waals surface area contributed by atoms with Gasteiger partial charge in [-0.1, -0.05) is 13.0 Å². The molecular weight excluding hydrogens is 330 g/mol. The van der Waals surface area contributed by atoms with Crippen molar-refractivity contribution in [1.29, 1.82) is 0 Å². The van der Waals surface area contributed by atoms with Crippen LogP contribution in [0.2, 0.25) is 0 Å². The lowest BCUT2D eigenvalue weighted by atomic mass is 10.1. The number of nitrogens with zero attached hydrogens (tertiary/aromatic N) is 3. The average molecular weight is 359 g/mol. The lowest BCUT2D eigenvalue weighted by Crippen LogP contribution is -2.40. The van der Waals surface area contributed by atoms with E-state index in [0.29, 0.717) is 5.92 Å². The number of hydrogen-bond acceptors (Lipinski definition) is 4. The van der Waals surface area contributed by atoms with Crippen LogP contribution in [0, 0.1) is 5.92 Å². The zero-order chi connectivity index (χ0) is 18.8. The summed E-state index contributed by atoms with van der Waals surface area (Å²) < 4.78 is 12.6. The van der Waals surface area contributed by atoms with E-state index in [1.807, 2.05) is 35.1 Å². The molecule has 1 atom stereocenters. The Balaban J connectivity index is 1.74. The van der Waals surface area contributed by atoms with E-state index in [2.05, 4.69) is 27.6 Å². The molecule has 2 N–H and O–H groups in total. The summed E-state index contributed by atoms with van der Waals surface area (Å²) in [4.78, 5) is 4.28. The molecule has 2 aromatic rings. The summed E-state index contributed by atoms with van der Waals surface area (Å²) in [6, 6.07) is 7.92. The maximum atomic E-state index is 5.34. The minimum absolute atomic E-state index is 0.444. The van der Waals surface area contributed by atoms with Gasteiger partial charge in [0.2, 0.25) is 0 Å². The average Bonchev–Trinajstić information content (AvgIpc) is 3.17. The number of aromatic nitrogens is 2. The molecule has 0 saturated heterocycles. The maximum absolute atomic E-state index is 5.34. The first-order valence-corrected chi connectivity index (χ1v) is 8.79. The van der Waals surface area contributed by atoms with E-state index >= 15 is 0 Å². The van der Waals surface area contributed by atoms with Crippen molar-refractivity contribution in [2.75, 3.05) is 34.4 Å². The molecule has 7 heteroatoms. The topological polar surface area (TPSA) is 72.7 Å². The van der Waals surface area contributed by atoms with Crippen LogP contribution in [0.1, 0.15) is 12.5 Å². The van der Waals surface area contributed by atoms with Gasteiger partial charge in [0.05, 0.1) is 14.2 Å². The van der Waals surface area contributed by atoms with Crippen molar-refractivity contribution in [3.63, 3.8) is 0 Å². The summed E-state index contributed by atoms with van der Waals surface area (Å²) >= 11 is 0.